The minimum atomic E-state index is -0.102. The lowest BCUT2D eigenvalue weighted by Gasteiger charge is -2.47. The van der Waals surface area contributed by atoms with Crippen LogP contribution in [0.1, 0.15) is 33.6 Å². The maximum atomic E-state index is 13.1. The van der Waals surface area contributed by atoms with Crippen LogP contribution in [0.4, 0.5) is 0 Å². The van der Waals surface area contributed by atoms with Crippen molar-refractivity contribution in [1.29, 1.82) is 0 Å². The summed E-state index contributed by atoms with van der Waals surface area (Å²) in [5.41, 5.74) is 1.18. The van der Waals surface area contributed by atoms with Crippen molar-refractivity contribution in [2.24, 2.45) is 5.92 Å². The molecule has 0 unspecified atom stereocenters. The van der Waals surface area contributed by atoms with Crippen molar-refractivity contribution in [3.05, 3.63) is 47.5 Å². The van der Waals surface area contributed by atoms with E-state index in [0.717, 1.165) is 43.2 Å². The number of benzene rings is 2. The molecule has 0 aliphatic carbocycles. The standard InChI is InChI=1S/C19H18N2O2/c22-18-15-6-5-12-3-1-2-4-14(12)17(15)19(23)21(18)16-11-20-9-7-13(16)8-10-20/h1-6,13,16H,7-11H2/t16-/m1/s1. The van der Waals surface area contributed by atoms with Crippen LogP contribution in [0, 0.1) is 5.92 Å². The van der Waals surface area contributed by atoms with Gasteiger partial charge in [0, 0.05) is 6.54 Å². The number of carbonyl (C=O) groups is 2. The van der Waals surface area contributed by atoms with E-state index in [1.165, 1.54) is 0 Å². The molecule has 23 heavy (non-hydrogen) atoms. The van der Waals surface area contributed by atoms with Crippen LogP contribution in [0.15, 0.2) is 36.4 Å². The van der Waals surface area contributed by atoms with Gasteiger partial charge >= 0.3 is 0 Å². The van der Waals surface area contributed by atoms with E-state index in [1.807, 2.05) is 36.4 Å². The highest BCUT2D eigenvalue weighted by Crippen LogP contribution is 2.37. The van der Waals surface area contributed by atoms with Crippen LogP contribution in [-0.2, 0) is 0 Å². The van der Waals surface area contributed by atoms with Gasteiger partial charge in [-0.05, 0) is 48.7 Å². The SMILES string of the molecule is O=C1c2ccc3ccccc3c2C(=O)N1[C@@H]1CN2CCC1CC2. The van der Waals surface area contributed by atoms with Gasteiger partial charge in [-0.1, -0.05) is 30.3 Å². The van der Waals surface area contributed by atoms with Crippen molar-refractivity contribution in [3.63, 3.8) is 0 Å². The van der Waals surface area contributed by atoms with Gasteiger partial charge in [-0.3, -0.25) is 14.5 Å². The van der Waals surface area contributed by atoms with E-state index < -0.39 is 0 Å². The summed E-state index contributed by atoms with van der Waals surface area (Å²) < 4.78 is 0. The molecule has 4 aliphatic rings. The lowest BCUT2D eigenvalue weighted by atomic mass is 9.83. The number of piperidine rings is 3. The molecular weight excluding hydrogens is 288 g/mol. The molecule has 0 N–H and O–H groups in total. The number of fused-ring (bicyclic) bond motifs is 6. The number of rotatable bonds is 1. The summed E-state index contributed by atoms with van der Waals surface area (Å²) in [5.74, 6) is 0.267. The van der Waals surface area contributed by atoms with Gasteiger partial charge in [-0.25, -0.2) is 0 Å². The normalized spacial score (nSPS) is 29.4. The summed E-state index contributed by atoms with van der Waals surface area (Å²) in [6, 6.07) is 11.6. The first-order valence-electron chi connectivity index (χ1n) is 8.36. The van der Waals surface area contributed by atoms with Gasteiger partial charge in [0.1, 0.15) is 0 Å². The molecule has 4 heterocycles. The Kier molecular flexibility index (Phi) is 2.68. The Morgan fingerprint density at radius 3 is 2.43 bits per heavy atom. The van der Waals surface area contributed by atoms with Crippen molar-refractivity contribution in [1.82, 2.24) is 9.80 Å². The fourth-order valence-corrected chi connectivity index (χ4v) is 4.55. The Morgan fingerprint density at radius 2 is 1.70 bits per heavy atom. The number of amides is 2. The van der Waals surface area contributed by atoms with Crippen LogP contribution in [0.3, 0.4) is 0 Å². The first kappa shape index (κ1) is 13.3. The van der Waals surface area contributed by atoms with Crippen LogP contribution < -0.4 is 0 Å². The fourth-order valence-electron chi connectivity index (χ4n) is 4.55. The zero-order chi connectivity index (χ0) is 15.6. The minimum Gasteiger partial charge on any atom is -0.301 e. The Balaban J connectivity index is 1.62. The van der Waals surface area contributed by atoms with Gasteiger partial charge in [0.15, 0.2) is 0 Å². The summed E-state index contributed by atoms with van der Waals surface area (Å²) in [4.78, 5) is 29.9. The van der Waals surface area contributed by atoms with Gasteiger partial charge in [0.2, 0.25) is 0 Å². The smallest absolute Gasteiger partial charge is 0.262 e. The predicted molar refractivity (Wildman–Crippen MR) is 87.4 cm³/mol. The zero-order valence-electron chi connectivity index (χ0n) is 12.9. The summed E-state index contributed by atoms with van der Waals surface area (Å²) in [5, 5.41) is 1.91. The molecule has 2 amide bonds. The summed E-state index contributed by atoms with van der Waals surface area (Å²) in [6.07, 6.45) is 2.19. The monoisotopic (exact) mass is 306 g/mol. The third kappa shape index (κ3) is 1.75. The molecule has 0 aromatic heterocycles. The molecule has 2 aromatic carbocycles. The van der Waals surface area contributed by atoms with E-state index in [-0.39, 0.29) is 17.9 Å². The molecule has 1 atom stereocenters. The molecule has 116 valence electrons. The van der Waals surface area contributed by atoms with E-state index in [1.54, 1.807) is 4.90 Å². The third-order valence-corrected chi connectivity index (χ3v) is 5.76. The second kappa shape index (κ2) is 4.65. The van der Waals surface area contributed by atoms with Crippen molar-refractivity contribution in [2.45, 2.75) is 18.9 Å². The molecule has 2 aromatic rings. The lowest BCUT2D eigenvalue weighted by molar-refractivity contribution is 0.0121. The molecule has 0 radical (unpaired) electrons. The number of hydrogen-bond acceptors (Lipinski definition) is 3. The molecule has 4 aliphatic heterocycles. The average molecular weight is 306 g/mol. The molecule has 2 bridgehead atoms. The second-order valence-corrected chi connectivity index (χ2v) is 6.89. The maximum absolute atomic E-state index is 13.1. The second-order valence-electron chi connectivity index (χ2n) is 6.89. The first-order chi connectivity index (χ1) is 11.2. The zero-order valence-corrected chi connectivity index (χ0v) is 12.9. The van der Waals surface area contributed by atoms with E-state index in [2.05, 4.69) is 4.90 Å². The van der Waals surface area contributed by atoms with Crippen LogP contribution >= 0.6 is 0 Å². The highest BCUT2D eigenvalue weighted by atomic mass is 16.2. The Morgan fingerprint density at radius 1 is 0.913 bits per heavy atom. The predicted octanol–water partition coefficient (Wildman–Crippen LogP) is 2.53. The van der Waals surface area contributed by atoms with Crippen molar-refractivity contribution in [2.75, 3.05) is 19.6 Å². The number of nitrogens with zero attached hydrogens (tertiary/aromatic N) is 2. The van der Waals surface area contributed by atoms with Crippen LogP contribution in [-0.4, -0.2) is 47.3 Å². The largest absolute Gasteiger partial charge is 0.301 e. The number of carbonyl (C=O) groups excluding carboxylic acids is 2. The summed E-state index contributed by atoms with van der Waals surface area (Å²) >= 11 is 0. The Bertz CT molecular complexity index is 836. The maximum Gasteiger partial charge on any atom is 0.262 e. The van der Waals surface area contributed by atoms with Gasteiger partial charge in [0.05, 0.1) is 17.2 Å². The molecule has 3 saturated heterocycles. The van der Waals surface area contributed by atoms with Gasteiger partial charge in [-0.2, -0.15) is 0 Å². The van der Waals surface area contributed by atoms with Crippen molar-refractivity contribution in [3.8, 4) is 0 Å². The van der Waals surface area contributed by atoms with Crippen LogP contribution in [0.25, 0.3) is 10.8 Å². The van der Waals surface area contributed by atoms with E-state index in [0.29, 0.717) is 17.0 Å². The highest BCUT2D eigenvalue weighted by Gasteiger charge is 2.46. The van der Waals surface area contributed by atoms with Gasteiger partial charge in [-0.15, -0.1) is 0 Å². The quantitative estimate of drug-likeness (QED) is 0.760. The summed E-state index contributed by atoms with van der Waals surface area (Å²) in [7, 11) is 0. The summed E-state index contributed by atoms with van der Waals surface area (Å²) in [6.45, 7) is 3.05. The number of hydrogen-bond donors (Lipinski definition) is 0. The molecular formula is C19H18N2O2. The first-order valence-corrected chi connectivity index (χ1v) is 8.36. The van der Waals surface area contributed by atoms with Crippen LogP contribution in [0.5, 0.6) is 0 Å². The van der Waals surface area contributed by atoms with Gasteiger partial charge in [0.25, 0.3) is 11.8 Å². The van der Waals surface area contributed by atoms with Gasteiger partial charge < -0.3 is 4.90 Å². The average Bonchev–Trinajstić information content (AvgIpc) is 2.87. The van der Waals surface area contributed by atoms with Crippen molar-refractivity contribution < 1.29 is 9.59 Å². The van der Waals surface area contributed by atoms with E-state index >= 15 is 0 Å². The molecule has 4 nitrogen and oxygen atoms in total. The Hall–Kier alpha value is -2.20. The number of imide groups is 1. The fraction of sp³-hybridized carbons (Fsp3) is 0.368. The molecule has 3 fully saturated rings. The molecule has 0 spiro atoms. The van der Waals surface area contributed by atoms with E-state index in [9.17, 15) is 9.59 Å². The Labute approximate surface area is 134 Å². The van der Waals surface area contributed by atoms with Crippen molar-refractivity contribution >= 4 is 22.6 Å². The molecule has 4 heteroatoms. The topological polar surface area (TPSA) is 40.6 Å². The minimum absolute atomic E-state index is 0.0451. The van der Waals surface area contributed by atoms with Crippen LogP contribution in [0.2, 0.25) is 0 Å². The third-order valence-electron chi connectivity index (χ3n) is 5.76. The molecule has 0 saturated carbocycles. The molecule has 6 rings (SSSR count). The highest BCUT2D eigenvalue weighted by molar-refractivity contribution is 6.26. The van der Waals surface area contributed by atoms with E-state index in [4.69, 9.17) is 0 Å². The lowest BCUT2D eigenvalue weighted by Crippen LogP contribution is -2.58.